The summed E-state index contributed by atoms with van der Waals surface area (Å²) >= 11 is 3.26. The van der Waals surface area contributed by atoms with Crippen LogP contribution < -0.4 is 5.32 Å². The molecule has 0 heterocycles. The van der Waals surface area contributed by atoms with E-state index in [0.717, 1.165) is 11.2 Å². The molecule has 0 unspecified atom stereocenters. The van der Waals surface area contributed by atoms with Gasteiger partial charge in [0.25, 0.3) is 0 Å². The fourth-order valence-corrected chi connectivity index (χ4v) is 0.642. The Kier molecular flexibility index (Phi) is 6.18. The van der Waals surface area contributed by atoms with Gasteiger partial charge in [-0.05, 0) is 12.8 Å². The van der Waals surface area contributed by atoms with Gasteiger partial charge < -0.3 is 5.32 Å². The summed E-state index contributed by atoms with van der Waals surface area (Å²) in [4.78, 5) is 3.71. The predicted octanol–water partition coefficient (Wildman–Crippen LogP) is 1.70. The molecule has 0 aromatic rings. The van der Waals surface area contributed by atoms with Gasteiger partial charge in [0.15, 0.2) is 0 Å². The SMILES string of the molecule is C=N/C(=C\C=C/CBr)NC. The maximum Gasteiger partial charge on any atom is 0.124 e. The number of rotatable bonds is 4. The lowest BCUT2D eigenvalue weighted by Crippen LogP contribution is -2.01. The Bertz CT molecular complexity index is 150. The van der Waals surface area contributed by atoms with Crippen LogP contribution in [0.3, 0.4) is 0 Å². The summed E-state index contributed by atoms with van der Waals surface area (Å²) in [6, 6.07) is 0. The maximum absolute atomic E-state index is 3.71. The molecule has 0 aromatic carbocycles. The van der Waals surface area contributed by atoms with Crippen molar-refractivity contribution in [3.63, 3.8) is 0 Å². The Morgan fingerprint density at radius 1 is 1.80 bits per heavy atom. The van der Waals surface area contributed by atoms with Crippen molar-refractivity contribution in [2.24, 2.45) is 4.99 Å². The number of hydrogen-bond acceptors (Lipinski definition) is 2. The molecule has 0 aliphatic heterocycles. The van der Waals surface area contributed by atoms with Crippen LogP contribution in [0.5, 0.6) is 0 Å². The Hall–Kier alpha value is -0.570. The second-order valence-corrected chi connectivity index (χ2v) is 2.19. The van der Waals surface area contributed by atoms with E-state index in [1.165, 1.54) is 0 Å². The van der Waals surface area contributed by atoms with Crippen LogP contribution in [0.1, 0.15) is 0 Å². The van der Waals surface area contributed by atoms with Crippen LogP contribution in [0, 0.1) is 0 Å². The van der Waals surface area contributed by atoms with Crippen LogP contribution in [-0.2, 0) is 0 Å². The highest BCUT2D eigenvalue weighted by Gasteiger charge is 1.79. The minimum Gasteiger partial charge on any atom is -0.373 e. The quantitative estimate of drug-likeness (QED) is 0.419. The van der Waals surface area contributed by atoms with Crippen LogP contribution >= 0.6 is 15.9 Å². The van der Waals surface area contributed by atoms with E-state index in [2.05, 4.69) is 33.0 Å². The van der Waals surface area contributed by atoms with Gasteiger partial charge in [-0.15, -0.1) is 0 Å². The van der Waals surface area contributed by atoms with Crippen LogP contribution in [0.15, 0.2) is 29.0 Å². The smallest absolute Gasteiger partial charge is 0.124 e. The van der Waals surface area contributed by atoms with Crippen molar-refractivity contribution in [2.75, 3.05) is 12.4 Å². The highest BCUT2D eigenvalue weighted by atomic mass is 79.9. The monoisotopic (exact) mass is 202 g/mol. The van der Waals surface area contributed by atoms with E-state index in [-0.39, 0.29) is 0 Å². The predicted molar refractivity (Wildman–Crippen MR) is 49.6 cm³/mol. The molecule has 10 heavy (non-hydrogen) atoms. The number of allylic oxidation sites excluding steroid dienone is 3. The molecule has 0 saturated heterocycles. The van der Waals surface area contributed by atoms with Crippen molar-refractivity contribution in [1.29, 1.82) is 0 Å². The van der Waals surface area contributed by atoms with Crippen molar-refractivity contribution >= 4 is 22.6 Å². The van der Waals surface area contributed by atoms with Crippen molar-refractivity contribution in [1.82, 2.24) is 5.32 Å². The minimum absolute atomic E-state index is 0.775. The molecule has 0 aliphatic rings. The normalized spacial score (nSPS) is 12.0. The molecule has 0 aromatic heterocycles. The number of alkyl halides is 1. The van der Waals surface area contributed by atoms with E-state index in [1.807, 2.05) is 25.3 Å². The van der Waals surface area contributed by atoms with Crippen molar-refractivity contribution < 1.29 is 0 Å². The van der Waals surface area contributed by atoms with Gasteiger partial charge in [0, 0.05) is 12.4 Å². The number of nitrogens with one attached hydrogen (secondary N) is 1. The summed E-state index contributed by atoms with van der Waals surface area (Å²) in [5, 5.41) is 3.73. The summed E-state index contributed by atoms with van der Waals surface area (Å²) < 4.78 is 0. The maximum atomic E-state index is 3.71. The van der Waals surface area contributed by atoms with Crippen molar-refractivity contribution in [3.05, 3.63) is 24.0 Å². The topological polar surface area (TPSA) is 24.4 Å². The third-order valence-electron chi connectivity index (χ3n) is 0.906. The molecule has 2 nitrogen and oxygen atoms in total. The summed E-state index contributed by atoms with van der Waals surface area (Å²) in [5.41, 5.74) is 0. The minimum atomic E-state index is 0.775. The fraction of sp³-hybridized carbons (Fsp3) is 0.286. The first-order valence-electron chi connectivity index (χ1n) is 2.92. The summed E-state index contributed by atoms with van der Waals surface area (Å²) in [6.45, 7) is 3.38. The number of hydrogen-bond donors (Lipinski definition) is 1. The van der Waals surface area contributed by atoms with Crippen LogP contribution in [0.2, 0.25) is 0 Å². The van der Waals surface area contributed by atoms with E-state index in [1.54, 1.807) is 0 Å². The first-order chi connectivity index (χ1) is 4.85. The molecule has 0 bridgehead atoms. The summed E-state index contributed by atoms with van der Waals surface area (Å²) in [5.74, 6) is 0.775. The molecule has 0 fully saturated rings. The van der Waals surface area contributed by atoms with Crippen molar-refractivity contribution in [2.45, 2.75) is 0 Å². The molecular weight excluding hydrogens is 192 g/mol. The standard InChI is InChI=1S/C7H11BrN2/c1-9-7(10-2)5-3-4-6-8/h3-5,10H,1,6H2,2H3/b4-3-,7-5+. The average molecular weight is 203 g/mol. The van der Waals surface area contributed by atoms with E-state index in [0.29, 0.717) is 0 Å². The number of nitrogens with zero attached hydrogens (tertiary/aromatic N) is 1. The molecule has 0 saturated carbocycles. The molecule has 0 amide bonds. The van der Waals surface area contributed by atoms with Gasteiger partial charge in [-0.3, -0.25) is 0 Å². The van der Waals surface area contributed by atoms with E-state index >= 15 is 0 Å². The molecule has 0 rings (SSSR count). The first kappa shape index (κ1) is 9.43. The second kappa shape index (κ2) is 6.55. The Labute approximate surface area is 69.9 Å². The van der Waals surface area contributed by atoms with E-state index in [9.17, 15) is 0 Å². The molecule has 56 valence electrons. The molecular formula is C7H11BrN2. The van der Waals surface area contributed by atoms with Crippen LogP contribution in [-0.4, -0.2) is 19.1 Å². The zero-order valence-corrected chi connectivity index (χ0v) is 7.56. The van der Waals surface area contributed by atoms with Gasteiger partial charge in [-0.25, -0.2) is 4.99 Å². The van der Waals surface area contributed by atoms with Gasteiger partial charge in [-0.1, -0.05) is 28.1 Å². The van der Waals surface area contributed by atoms with Gasteiger partial charge >= 0.3 is 0 Å². The highest BCUT2D eigenvalue weighted by molar-refractivity contribution is 9.09. The zero-order chi connectivity index (χ0) is 7.82. The lowest BCUT2D eigenvalue weighted by Gasteiger charge is -1.94. The van der Waals surface area contributed by atoms with E-state index < -0.39 is 0 Å². The average Bonchev–Trinajstić information content (AvgIpc) is 1.99. The molecule has 0 aliphatic carbocycles. The Morgan fingerprint density at radius 2 is 2.50 bits per heavy atom. The van der Waals surface area contributed by atoms with Gasteiger partial charge in [0.1, 0.15) is 5.82 Å². The lowest BCUT2D eigenvalue weighted by molar-refractivity contribution is 0.970. The van der Waals surface area contributed by atoms with Crippen molar-refractivity contribution in [3.8, 4) is 0 Å². The van der Waals surface area contributed by atoms with Gasteiger partial charge in [-0.2, -0.15) is 0 Å². The molecule has 0 radical (unpaired) electrons. The van der Waals surface area contributed by atoms with Gasteiger partial charge in [0.2, 0.25) is 0 Å². The summed E-state index contributed by atoms with van der Waals surface area (Å²) in [7, 11) is 1.81. The van der Waals surface area contributed by atoms with E-state index in [4.69, 9.17) is 0 Å². The molecule has 0 spiro atoms. The third-order valence-corrected chi connectivity index (χ3v) is 1.28. The molecule has 0 atom stereocenters. The Balaban J connectivity index is 3.85. The van der Waals surface area contributed by atoms with Gasteiger partial charge in [0.05, 0.1) is 0 Å². The lowest BCUT2D eigenvalue weighted by atomic mass is 10.5. The van der Waals surface area contributed by atoms with Crippen LogP contribution in [0.4, 0.5) is 0 Å². The number of aliphatic imine (C=N–C) groups is 1. The molecule has 3 heteroatoms. The number of halogens is 1. The third kappa shape index (κ3) is 4.32. The Morgan fingerprint density at radius 3 is 2.90 bits per heavy atom. The second-order valence-electron chi connectivity index (χ2n) is 1.54. The zero-order valence-electron chi connectivity index (χ0n) is 5.97. The molecule has 1 N–H and O–H groups in total. The largest absolute Gasteiger partial charge is 0.373 e. The van der Waals surface area contributed by atoms with Crippen LogP contribution in [0.25, 0.3) is 0 Å². The summed E-state index contributed by atoms with van der Waals surface area (Å²) in [6.07, 6.45) is 5.74. The first-order valence-corrected chi connectivity index (χ1v) is 4.04. The fourth-order valence-electron chi connectivity index (χ4n) is 0.426. The highest BCUT2D eigenvalue weighted by Crippen LogP contribution is 1.89.